The highest BCUT2D eigenvalue weighted by atomic mass is 32.1. The molecule has 178 valence electrons. The van der Waals surface area contributed by atoms with Gasteiger partial charge in [-0.15, -0.1) is 5.10 Å². The summed E-state index contributed by atoms with van der Waals surface area (Å²) < 4.78 is 35.8. The number of aliphatic imine (C=N–C) groups is 1. The number of fused-ring (bicyclic) bond motifs is 2. The van der Waals surface area contributed by atoms with Crippen molar-refractivity contribution in [1.29, 1.82) is 0 Å². The van der Waals surface area contributed by atoms with E-state index in [4.69, 9.17) is 33.1 Å². The average Bonchev–Trinajstić information content (AvgIpc) is 3.65. The number of ether oxygens (including phenoxy) is 5. The Morgan fingerprint density at radius 1 is 1.15 bits per heavy atom. The van der Waals surface area contributed by atoms with Gasteiger partial charge in [0.25, 0.3) is 11.2 Å². The van der Waals surface area contributed by atoms with Crippen LogP contribution < -0.4 is 14.2 Å². The molecule has 1 fully saturated rings. The van der Waals surface area contributed by atoms with E-state index in [1.54, 1.807) is 18.7 Å². The van der Waals surface area contributed by atoms with Crippen LogP contribution in [0.2, 0.25) is 0 Å². The molecule has 0 aliphatic carbocycles. The molecule has 34 heavy (non-hydrogen) atoms. The zero-order chi connectivity index (χ0) is 23.1. The second-order valence-electron chi connectivity index (χ2n) is 7.86. The maximum atomic E-state index is 6.18. The van der Waals surface area contributed by atoms with Gasteiger partial charge in [-0.05, 0) is 17.4 Å². The van der Waals surface area contributed by atoms with Crippen LogP contribution in [0.3, 0.4) is 0 Å². The number of aromatic nitrogens is 3. The van der Waals surface area contributed by atoms with Gasteiger partial charge in [0.05, 0.1) is 39.0 Å². The lowest BCUT2D eigenvalue weighted by Gasteiger charge is -2.26. The topological polar surface area (TPSA) is 105 Å². The summed E-state index contributed by atoms with van der Waals surface area (Å²) in [5.74, 6) is 1.91. The number of furan rings is 1. The number of morpholine rings is 1. The SMILES string of the molecule is COc1cc(OCC2COC(N3CCOCC3)=N2)c2cc(-c3cn4nc(OC)sc4n3)oc2c1. The van der Waals surface area contributed by atoms with Crippen LogP contribution in [0.25, 0.3) is 27.4 Å². The van der Waals surface area contributed by atoms with Crippen molar-refractivity contribution in [2.45, 2.75) is 6.04 Å². The van der Waals surface area contributed by atoms with E-state index >= 15 is 0 Å². The summed E-state index contributed by atoms with van der Waals surface area (Å²) >= 11 is 1.36. The van der Waals surface area contributed by atoms with Crippen LogP contribution in [-0.2, 0) is 9.47 Å². The third kappa shape index (κ3) is 3.88. The number of hydrogen-bond acceptors (Lipinski definition) is 11. The molecule has 1 unspecified atom stereocenters. The van der Waals surface area contributed by atoms with Gasteiger partial charge in [-0.1, -0.05) is 0 Å². The Morgan fingerprint density at radius 3 is 2.82 bits per heavy atom. The molecular weight excluding hydrogens is 462 g/mol. The summed E-state index contributed by atoms with van der Waals surface area (Å²) in [4.78, 5) is 12.1. The molecule has 1 saturated heterocycles. The summed E-state index contributed by atoms with van der Waals surface area (Å²) in [7, 11) is 3.20. The van der Waals surface area contributed by atoms with Crippen LogP contribution in [0.1, 0.15) is 0 Å². The largest absolute Gasteiger partial charge is 0.496 e. The van der Waals surface area contributed by atoms with Crippen molar-refractivity contribution in [3.05, 3.63) is 24.4 Å². The summed E-state index contributed by atoms with van der Waals surface area (Å²) in [5, 5.41) is 5.70. The predicted octanol–water partition coefficient (Wildman–Crippen LogP) is 2.69. The Kier molecular flexibility index (Phi) is 5.38. The highest BCUT2D eigenvalue weighted by Crippen LogP contribution is 2.37. The molecule has 6 rings (SSSR count). The van der Waals surface area contributed by atoms with Crippen molar-refractivity contribution in [2.24, 2.45) is 4.99 Å². The van der Waals surface area contributed by atoms with Crippen molar-refractivity contribution in [1.82, 2.24) is 19.5 Å². The third-order valence-corrected chi connectivity index (χ3v) is 6.55. The molecular formula is C22H23N5O6S. The second kappa shape index (κ2) is 8.69. The molecule has 0 radical (unpaired) electrons. The normalized spacial score (nSPS) is 18.4. The summed E-state index contributed by atoms with van der Waals surface area (Å²) in [5.41, 5.74) is 1.32. The lowest BCUT2D eigenvalue weighted by molar-refractivity contribution is 0.0575. The molecule has 12 heteroatoms. The smallest absolute Gasteiger partial charge is 0.294 e. The van der Waals surface area contributed by atoms with Crippen molar-refractivity contribution in [3.8, 4) is 28.1 Å². The van der Waals surface area contributed by atoms with Gasteiger partial charge < -0.3 is 33.0 Å². The Labute approximate surface area is 198 Å². The van der Waals surface area contributed by atoms with Crippen molar-refractivity contribution in [2.75, 3.05) is 53.7 Å². The molecule has 2 aliphatic rings. The van der Waals surface area contributed by atoms with E-state index in [-0.39, 0.29) is 6.04 Å². The third-order valence-electron chi connectivity index (χ3n) is 5.67. The summed E-state index contributed by atoms with van der Waals surface area (Å²) in [6, 6.07) is 6.18. The average molecular weight is 486 g/mol. The minimum absolute atomic E-state index is 0.0913. The highest BCUT2D eigenvalue weighted by Gasteiger charge is 2.26. The standard InChI is InChI=1S/C22H23N5O6S/c1-28-14-7-17(31-11-13-12-32-20(23-13)26-3-5-30-6-4-26)15-9-19(33-18(15)8-14)16-10-27-21(24-16)34-22(25-27)29-2/h7-10,13H,3-6,11-12H2,1-2H3. The van der Waals surface area contributed by atoms with E-state index in [1.165, 1.54) is 11.3 Å². The van der Waals surface area contributed by atoms with Gasteiger partial charge in [0, 0.05) is 25.2 Å². The van der Waals surface area contributed by atoms with Crippen LogP contribution in [0.15, 0.2) is 33.8 Å². The maximum Gasteiger partial charge on any atom is 0.294 e. The van der Waals surface area contributed by atoms with Crippen LogP contribution >= 0.6 is 11.3 Å². The van der Waals surface area contributed by atoms with E-state index in [1.807, 2.05) is 24.4 Å². The molecule has 4 aromatic rings. The van der Waals surface area contributed by atoms with E-state index in [0.717, 1.165) is 23.4 Å². The summed E-state index contributed by atoms with van der Waals surface area (Å²) in [6.45, 7) is 3.81. The minimum Gasteiger partial charge on any atom is -0.496 e. The molecule has 0 spiro atoms. The van der Waals surface area contributed by atoms with E-state index in [0.29, 0.717) is 66.2 Å². The first-order valence-electron chi connectivity index (χ1n) is 10.9. The Balaban J connectivity index is 1.24. The summed E-state index contributed by atoms with van der Waals surface area (Å²) in [6.07, 6.45) is 1.81. The highest BCUT2D eigenvalue weighted by molar-refractivity contribution is 7.18. The first-order chi connectivity index (χ1) is 16.7. The monoisotopic (exact) mass is 485 g/mol. The number of hydrogen-bond donors (Lipinski definition) is 0. The lowest BCUT2D eigenvalue weighted by atomic mass is 10.2. The fourth-order valence-electron chi connectivity index (χ4n) is 3.93. The second-order valence-corrected chi connectivity index (χ2v) is 8.78. The van der Waals surface area contributed by atoms with Gasteiger partial charge in [-0.3, -0.25) is 0 Å². The zero-order valence-corrected chi connectivity index (χ0v) is 19.5. The zero-order valence-electron chi connectivity index (χ0n) is 18.7. The van der Waals surface area contributed by atoms with Gasteiger partial charge in [-0.25, -0.2) is 14.5 Å². The predicted molar refractivity (Wildman–Crippen MR) is 124 cm³/mol. The maximum absolute atomic E-state index is 6.18. The molecule has 5 heterocycles. The van der Waals surface area contributed by atoms with E-state index in [9.17, 15) is 0 Å². The molecule has 0 bridgehead atoms. The van der Waals surface area contributed by atoms with Gasteiger partial charge in [0.1, 0.15) is 42.0 Å². The number of nitrogens with zero attached hydrogens (tertiary/aromatic N) is 5. The Morgan fingerprint density at radius 2 is 2.03 bits per heavy atom. The molecule has 0 saturated carbocycles. The Hall–Kier alpha value is -3.51. The number of imidazole rings is 1. The number of methoxy groups -OCH3 is 2. The van der Waals surface area contributed by atoms with Crippen molar-refractivity contribution >= 4 is 33.3 Å². The number of benzene rings is 1. The number of rotatable bonds is 6. The fourth-order valence-corrected chi connectivity index (χ4v) is 4.63. The van der Waals surface area contributed by atoms with Crippen LogP contribution in [0.5, 0.6) is 16.7 Å². The first kappa shape index (κ1) is 21.1. The first-order valence-corrected chi connectivity index (χ1v) is 11.7. The van der Waals surface area contributed by atoms with E-state index < -0.39 is 0 Å². The van der Waals surface area contributed by atoms with Crippen LogP contribution in [-0.4, -0.2) is 85.3 Å². The molecule has 1 aromatic carbocycles. The van der Waals surface area contributed by atoms with Gasteiger partial charge in [0.2, 0.25) is 4.96 Å². The van der Waals surface area contributed by atoms with Crippen molar-refractivity contribution in [3.63, 3.8) is 0 Å². The molecule has 0 amide bonds. The number of amidine groups is 1. The van der Waals surface area contributed by atoms with Gasteiger partial charge in [0.15, 0.2) is 5.76 Å². The minimum atomic E-state index is -0.0913. The Bertz CT molecular complexity index is 1320. The van der Waals surface area contributed by atoms with Crippen LogP contribution in [0, 0.1) is 0 Å². The molecule has 0 N–H and O–H groups in total. The molecule has 2 aliphatic heterocycles. The van der Waals surface area contributed by atoms with Crippen molar-refractivity contribution < 1.29 is 28.1 Å². The van der Waals surface area contributed by atoms with E-state index in [2.05, 4.69) is 15.0 Å². The molecule has 3 aromatic heterocycles. The molecule has 11 nitrogen and oxygen atoms in total. The van der Waals surface area contributed by atoms with Gasteiger partial charge in [-0.2, -0.15) is 0 Å². The molecule has 1 atom stereocenters. The fraction of sp³-hybridized carbons (Fsp3) is 0.409. The quantitative estimate of drug-likeness (QED) is 0.408. The lowest BCUT2D eigenvalue weighted by Crippen LogP contribution is -2.40. The van der Waals surface area contributed by atoms with Crippen LogP contribution in [0.4, 0.5) is 0 Å². The van der Waals surface area contributed by atoms with Gasteiger partial charge >= 0.3 is 0 Å².